The molecule has 2 aromatic heterocycles. The standard InChI is InChI=1S/C18H16ClN3O2S/c1-11(24-17(23)12-6-4-3-5-7-12)8-14-9-13-10-20-18(25-2)22-15(13)16(19)21-14/h3-7,9-11H,8H2,1-2H3/t11-/m1/s1. The molecule has 0 N–H and O–H groups in total. The average molecular weight is 374 g/mol. The summed E-state index contributed by atoms with van der Waals surface area (Å²) in [6, 6.07) is 10.8. The fourth-order valence-electron chi connectivity index (χ4n) is 2.40. The predicted molar refractivity (Wildman–Crippen MR) is 99.1 cm³/mol. The van der Waals surface area contributed by atoms with Gasteiger partial charge >= 0.3 is 5.97 Å². The van der Waals surface area contributed by atoms with E-state index in [1.165, 1.54) is 11.8 Å². The number of hydrogen-bond acceptors (Lipinski definition) is 6. The Labute approximate surface area is 154 Å². The molecule has 3 aromatic rings. The molecule has 0 spiro atoms. The first-order valence-corrected chi connectivity index (χ1v) is 9.29. The zero-order valence-corrected chi connectivity index (χ0v) is 15.3. The van der Waals surface area contributed by atoms with Crippen molar-refractivity contribution in [2.24, 2.45) is 0 Å². The Morgan fingerprint density at radius 2 is 2.04 bits per heavy atom. The Kier molecular flexibility index (Phi) is 5.50. The van der Waals surface area contributed by atoms with Crippen molar-refractivity contribution in [3.63, 3.8) is 0 Å². The minimum atomic E-state index is -0.354. The lowest BCUT2D eigenvalue weighted by atomic mass is 10.1. The maximum absolute atomic E-state index is 12.1. The number of benzene rings is 1. The molecule has 1 atom stereocenters. The molecule has 0 aliphatic heterocycles. The summed E-state index contributed by atoms with van der Waals surface area (Å²) in [5.41, 5.74) is 1.88. The van der Waals surface area contributed by atoms with Crippen LogP contribution in [0.15, 0.2) is 47.8 Å². The molecule has 3 rings (SSSR count). The van der Waals surface area contributed by atoms with E-state index in [0.717, 1.165) is 11.1 Å². The van der Waals surface area contributed by atoms with Crippen LogP contribution in [-0.2, 0) is 11.2 Å². The van der Waals surface area contributed by atoms with E-state index in [2.05, 4.69) is 15.0 Å². The SMILES string of the molecule is CSc1ncc2cc(C[C@@H](C)OC(=O)c3ccccc3)nc(Cl)c2n1. The zero-order valence-electron chi connectivity index (χ0n) is 13.8. The van der Waals surface area contributed by atoms with Crippen molar-refractivity contribution in [3.8, 4) is 0 Å². The number of esters is 1. The molecule has 0 radical (unpaired) electrons. The number of pyridine rings is 1. The van der Waals surface area contributed by atoms with Crippen molar-refractivity contribution >= 4 is 40.2 Å². The highest BCUT2D eigenvalue weighted by Gasteiger charge is 2.15. The van der Waals surface area contributed by atoms with Crippen LogP contribution in [0.1, 0.15) is 23.0 Å². The van der Waals surface area contributed by atoms with Crippen molar-refractivity contribution in [1.82, 2.24) is 15.0 Å². The Morgan fingerprint density at radius 3 is 2.76 bits per heavy atom. The molecule has 0 saturated heterocycles. The van der Waals surface area contributed by atoms with Crippen molar-refractivity contribution in [2.45, 2.75) is 24.6 Å². The monoisotopic (exact) mass is 373 g/mol. The van der Waals surface area contributed by atoms with Gasteiger partial charge in [-0.3, -0.25) is 0 Å². The van der Waals surface area contributed by atoms with Gasteiger partial charge in [0, 0.05) is 23.7 Å². The van der Waals surface area contributed by atoms with Crippen LogP contribution in [0.3, 0.4) is 0 Å². The number of fused-ring (bicyclic) bond motifs is 1. The zero-order chi connectivity index (χ0) is 17.8. The van der Waals surface area contributed by atoms with Gasteiger partial charge in [0.2, 0.25) is 0 Å². The molecule has 0 saturated carbocycles. The number of ether oxygens (including phenoxy) is 1. The van der Waals surface area contributed by atoms with Gasteiger partial charge in [0.1, 0.15) is 11.6 Å². The van der Waals surface area contributed by atoms with Gasteiger partial charge in [-0.2, -0.15) is 0 Å². The maximum Gasteiger partial charge on any atom is 0.338 e. The van der Waals surface area contributed by atoms with Gasteiger partial charge in [-0.05, 0) is 31.4 Å². The quantitative estimate of drug-likeness (QED) is 0.289. The Balaban J connectivity index is 1.75. The lowest BCUT2D eigenvalue weighted by molar-refractivity contribution is 0.0341. The van der Waals surface area contributed by atoms with Gasteiger partial charge in [-0.15, -0.1) is 0 Å². The largest absolute Gasteiger partial charge is 0.459 e. The fraction of sp³-hybridized carbons (Fsp3) is 0.222. The van der Waals surface area contributed by atoms with E-state index >= 15 is 0 Å². The summed E-state index contributed by atoms with van der Waals surface area (Å²) < 4.78 is 5.47. The van der Waals surface area contributed by atoms with Crippen molar-refractivity contribution < 1.29 is 9.53 Å². The first-order valence-electron chi connectivity index (χ1n) is 7.69. The normalized spacial score (nSPS) is 12.1. The number of carbonyl (C=O) groups excluding carboxylic acids is 1. The predicted octanol–water partition coefficient (Wildman–Crippen LogP) is 4.19. The van der Waals surface area contributed by atoms with E-state index in [1.54, 1.807) is 30.5 Å². The van der Waals surface area contributed by atoms with Crippen LogP contribution < -0.4 is 0 Å². The third-order valence-corrected chi connectivity index (χ3v) is 4.38. The minimum Gasteiger partial charge on any atom is -0.459 e. The molecule has 2 heterocycles. The first kappa shape index (κ1) is 17.6. The van der Waals surface area contributed by atoms with Crippen molar-refractivity contribution in [3.05, 3.63) is 59.0 Å². The first-order chi connectivity index (χ1) is 12.1. The summed E-state index contributed by atoms with van der Waals surface area (Å²) in [7, 11) is 0. The average Bonchev–Trinajstić information content (AvgIpc) is 2.62. The van der Waals surface area contributed by atoms with Gasteiger partial charge < -0.3 is 4.74 Å². The molecule has 0 aliphatic rings. The third kappa shape index (κ3) is 4.27. The van der Waals surface area contributed by atoms with Gasteiger partial charge in [0.05, 0.1) is 5.56 Å². The van der Waals surface area contributed by atoms with Crippen LogP contribution in [0.5, 0.6) is 0 Å². The van der Waals surface area contributed by atoms with Gasteiger partial charge in [0.25, 0.3) is 0 Å². The summed E-state index contributed by atoms with van der Waals surface area (Å²) in [5.74, 6) is -0.354. The smallest absolute Gasteiger partial charge is 0.338 e. The number of halogens is 1. The van der Waals surface area contributed by atoms with Crippen LogP contribution in [0.4, 0.5) is 0 Å². The summed E-state index contributed by atoms with van der Waals surface area (Å²) >= 11 is 7.70. The molecule has 5 nitrogen and oxygen atoms in total. The minimum absolute atomic E-state index is 0.326. The van der Waals surface area contributed by atoms with E-state index in [4.69, 9.17) is 16.3 Å². The Bertz CT molecular complexity index is 905. The van der Waals surface area contributed by atoms with Gasteiger partial charge in [0.15, 0.2) is 10.3 Å². The molecule has 0 aliphatic carbocycles. The van der Waals surface area contributed by atoms with E-state index in [1.807, 2.05) is 25.3 Å². The summed E-state index contributed by atoms with van der Waals surface area (Å²) in [5, 5.41) is 1.79. The highest BCUT2D eigenvalue weighted by Crippen LogP contribution is 2.23. The Morgan fingerprint density at radius 1 is 1.28 bits per heavy atom. The lowest BCUT2D eigenvalue weighted by Crippen LogP contribution is -2.18. The molecule has 128 valence electrons. The van der Waals surface area contributed by atoms with Crippen molar-refractivity contribution in [1.29, 1.82) is 0 Å². The van der Waals surface area contributed by atoms with E-state index in [9.17, 15) is 4.79 Å². The highest BCUT2D eigenvalue weighted by molar-refractivity contribution is 7.98. The number of aromatic nitrogens is 3. The second-order valence-electron chi connectivity index (χ2n) is 5.49. The molecule has 7 heteroatoms. The van der Waals surface area contributed by atoms with Crippen LogP contribution in [-0.4, -0.2) is 33.3 Å². The highest BCUT2D eigenvalue weighted by atomic mass is 35.5. The van der Waals surface area contributed by atoms with E-state index in [0.29, 0.717) is 27.8 Å². The second-order valence-corrected chi connectivity index (χ2v) is 6.62. The van der Waals surface area contributed by atoms with Crippen LogP contribution in [0, 0.1) is 0 Å². The maximum atomic E-state index is 12.1. The van der Waals surface area contributed by atoms with Crippen molar-refractivity contribution in [2.75, 3.05) is 6.26 Å². The molecule has 0 amide bonds. The van der Waals surface area contributed by atoms with Crippen LogP contribution in [0.2, 0.25) is 5.15 Å². The van der Waals surface area contributed by atoms with Crippen LogP contribution >= 0.6 is 23.4 Å². The molecular formula is C18H16ClN3O2S. The Hall–Kier alpha value is -2.18. The number of nitrogens with zero attached hydrogens (tertiary/aromatic N) is 3. The molecule has 0 fully saturated rings. The molecule has 0 bridgehead atoms. The number of hydrogen-bond donors (Lipinski definition) is 0. The fourth-order valence-corrected chi connectivity index (χ4v) is 3.00. The van der Waals surface area contributed by atoms with Gasteiger partial charge in [-0.1, -0.05) is 41.6 Å². The third-order valence-electron chi connectivity index (χ3n) is 3.55. The topological polar surface area (TPSA) is 65.0 Å². The van der Waals surface area contributed by atoms with Crippen LogP contribution in [0.25, 0.3) is 10.9 Å². The summed E-state index contributed by atoms with van der Waals surface area (Å²) in [6.45, 7) is 1.83. The van der Waals surface area contributed by atoms with E-state index in [-0.39, 0.29) is 12.1 Å². The second kappa shape index (κ2) is 7.80. The molecular weight excluding hydrogens is 358 g/mol. The lowest BCUT2D eigenvalue weighted by Gasteiger charge is -2.13. The summed E-state index contributed by atoms with van der Waals surface area (Å²) in [4.78, 5) is 25.1. The molecule has 1 aromatic carbocycles. The van der Waals surface area contributed by atoms with E-state index < -0.39 is 0 Å². The molecule has 0 unspecified atom stereocenters. The number of thioether (sulfide) groups is 1. The molecule has 25 heavy (non-hydrogen) atoms. The number of carbonyl (C=O) groups is 1. The number of rotatable bonds is 5. The van der Waals surface area contributed by atoms with Gasteiger partial charge in [-0.25, -0.2) is 19.7 Å². The summed E-state index contributed by atoms with van der Waals surface area (Å²) in [6.07, 6.45) is 3.75.